The van der Waals surface area contributed by atoms with Crippen LogP contribution >= 0.6 is 11.3 Å². The van der Waals surface area contributed by atoms with Gasteiger partial charge in [-0.3, -0.25) is 9.36 Å². The molecule has 1 aliphatic rings. The number of carbonyl (C=O) groups excluding carboxylic acids is 1. The zero-order valence-corrected chi connectivity index (χ0v) is 18.6. The second-order valence-electron chi connectivity index (χ2n) is 7.07. The maximum absolute atomic E-state index is 14.2. The SMILES string of the molecule is CCOC(=O)C1=C(C)N=c2s/c(=C\c3ccccc3F)c(=O)n2C1c1ccccc1OC. The normalized spacial score (nSPS) is 15.9. The van der Waals surface area contributed by atoms with Gasteiger partial charge in [0.25, 0.3) is 5.56 Å². The minimum Gasteiger partial charge on any atom is -0.496 e. The Bertz CT molecular complexity index is 1400. The summed E-state index contributed by atoms with van der Waals surface area (Å²) in [5.41, 5.74) is 1.28. The Morgan fingerprint density at radius 2 is 1.94 bits per heavy atom. The first-order valence-corrected chi connectivity index (χ1v) is 10.8. The zero-order chi connectivity index (χ0) is 22.8. The van der Waals surface area contributed by atoms with Crippen LogP contribution in [0, 0.1) is 5.82 Å². The summed E-state index contributed by atoms with van der Waals surface area (Å²) in [4.78, 5) is 31.3. The molecule has 0 N–H and O–H groups in total. The lowest BCUT2D eigenvalue weighted by molar-refractivity contribution is -0.139. The average Bonchev–Trinajstić information content (AvgIpc) is 3.09. The van der Waals surface area contributed by atoms with Crippen LogP contribution in [0.15, 0.2) is 69.6 Å². The molecule has 0 fully saturated rings. The molecule has 6 nitrogen and oxygen atoms in total. The van der Waals surface area contributed by atoms with Crippen molar-refractivity contribution in [3.63, 3.8) is 0 Å². The highest BCUT2D eigenvalue weighted by atomic mass is 32.1. The first-order valence-electron chi connectivity index (χ1n) is 10.0. The third-order valence-corrected chi connectivity index (χ3v) is 6.13. The van der Waals surface area contributed by atoms with Crippen molar-refractivity contribution in [2.75, 3.05) is 13.7 Å². The standard InChI is InChI=1S/C24H21FN2O4S/c1-4-31-23(29)20-14(2)26-24-27(21(20)16-10-6-8-12-18(16)30-3)22(28)19(32-24)13-15-9-5-7-11-17(15)25/h5-13,21H,4H2,1-3H3/b19-13-. The number of ether oxygens (including phenoxy) is 2. The van der Waals surface area contributed by atoms with Crippen molar-refractivity contribution in [3.8, 4) is 5.75 Å². The van der Waals surface area contributed by atoms with Crippen molar-refractivity contribution in [2.24, 2.45) is 4.99 Å². The molecule has 1 unspecified atom stereocenters. The van der Waals surface area contributed by atoms with E-state index in [1.54, 1.807) is 44.2 Å². The van der Waals surface area contributed by atoms with E-state index in [2.05, 4.69) is 4.99 Å². The summed E-state index contributed by atoms with van der Waals surface area (Å²) in [5, 5.41) is 0. The molecular formula is C24H21FN2O4S. The lowest BCUT2D eigenvalue weighted by atomic mass is 9.95. The molecule has 8 heteroatoms. The fourth-order valence-corrected chi connectivity index (χ4v) is 4.75. The van der Waals surface area contributed by atoms with E-state index < -0.39 is 17.8 Å². The van der Waals surface area contributed by atoms with Crippen LogP contribution < -0.4 is 19.6 Å². The smallest absolute Gasteiger partial charge is 0.338 e. The van der Waals surface area contributed by atoms with Crippen LogP contribution in [0.2, 0.25) is 0 Å². The van der Waals surface area contributed by atoms with Gasteiger partial charge in [0.2, 0.25) is 0 Å². The molecule has 0 bridgehead atoms. The molecule has 164 valence electrons. The van der Waals surface area contributed by atoms with Crippen LogP contribution in [0.5, 0.6) is 5.75 Å². The van der Waals surface area contributed by atoms with E-state index in [-0.39, 0.29) is 17.7 Å². The third-order valence-electron chi connectivity index (χ3n) is 5.14. The molecule has 2 heterocycles. The van der Waals surface area contributed by atoms with Gasteiger partial charge < -0.3 is 9.47 Å². The number of hydrogen-bond donors (Lipinski definition) is 0. The Hall–Kier alpha value is -3.52. The summed E-state index contributed by atoms with van der Waals surface area (Å²) in [6, 6.07) is 12.6. The summed E-state index contributed by atoms with van der Waals surface area (Å²) in [6.07, 6.45) is 1.50. The van der Waals surface area contributed by atoms with Crippen LogP contribution in [0.3, 0.4) is 0 Å². The fourth-order valence-electron chi connectivity index (χ4n) is 3.71. The van der Waals surface area contributed by atoms with Crippen LogP contribution in [-0.4, -0.2) is 24.3 Å². The molecule has 0 amide bonds. The van der Waals surface area contributed by atoms with E-state index in [9.17, 15) is 14.0 Å². The van der Waals surface area contributed by atoms with E-state index in [4.69, 9.17) is 9.47 Å². The molecule has 1 aromatic heterocycles. The number of allylic oxidation sites excluding steroid dienone is 1. The molecule has 3 aromatic rings. The molecule has 4 rings (SSSR count). The van der Waals surface area contributed by atoms with Gasteiger partial charge in [0.05, 0.1) is 29.5 Å². The summed E-state index contributed by atoms with van der Waals surface area (Å²) >= 11 is 1.14. The van der Waals surface area contributed by atoms with Crippen LogP contribution in [0.25, 0.3) is 6.08 Å². The van der Waals surface area contributed by atoms with E-state index in [0.29, 0.717) is 31.9 Å². The monoisotopic (exact) mass is 452 g/mol. The number of hydrogen-bond acceptors (Lipinski definition) is 6. The molecule has 1 atom stereocenters. The highest BCUT2D eigenvalue weighted by molar-refractivity contribution is 7.07. The number of benzene rings is 2. The lowest BCUT2D eigenvalue weighted by Crippen LogP contribution is -2.40. The number of halogens is 1. The van der Waals surface area contributed by atoms with Crippen molar-refractivity contribution in [1.29, 1.82) is 0 Å². The predicted octanol–water partition coefficient (Wildman–Crippen LogP) is 2.95. The summed E-state index contributed by atoms with van der Waals surface area (Å²) in [5.74, 6) is -0.450. The van der Waals surface area contributed by atoms with Gasteiger partial charge in [-0.2, -0.15) is 0 Å². The molecular weight excluding hydrogens is 431 g/mol. The summed E-state index contributed by atoms with van der Waals surface area (Å²) in [6.45, 7) is 3.62. The molecule has 0 spiro atoms. The second kappa shape index (κ2) is 8.92. The van der Waals surface area contributed by atoms with Crippen LogP contribution in [-0.2, 0) is 9.53 Å². The van der Waals surface area contributed by atoms with Gasteiger partial charge in [0, 0.05) is 11.1 Å². The van der Waals surface area contributed by atoms with E-state index in [0.717, 1.165) is 11.3 Å². The van der Waals surface area contributed by atoms with Crippen molar-refractivity contribution in [1.82, 2.24) is 4.57 Å². The molecule has 0 saturated carbocycles. The average molecular weight is 453 g/mol. The Labute approximate surface area is 187 Å². The van der Waals surface area contributed by atoms with Gasteiger partial charge in [-0.25, -0.2) is 14.2 Å². The van der Waals surface area contributed by atoms with Gasteiger partial charge in [-0.05, 0) is 32.1 Å². The second-order valence-corrected chi connectivity index (χ2v) is 8.07. The van der Waals surface area contributed by atoms with Gasteiger partial charge in [0.15, 0.2) is 4.80 Å². The maximum Gasteiger partial charge on any atom is 0.338 e. The summed E-state index contributed by atoms with van der Waals surface area (Å²) < 4.78 is 26.8. The highest BCUT2D eigenvalue weighted by Gasteiger charge is 2.34. The number of esters is 1. The molecule has 1 aliphatic heterocycles. The van der Waals surface area contributed by atoms with Crippen molar-refractivity contribution in [2.45, 2.75) is 19.9 Å². The fraction of sp³-hybridized carbons (Fsp3) is 0.208. The van der Waals surface area contributed by atoms with Crippen molar-refractivity contribution >= 4 is 23.4 Å². The van der Waals surface area contributed by atoms with Gasteiger partial charge in [0.1, 0.15) is 17.6 Å². The van der Waals surface area contributed by atoms with Gasteiger partial charge >= 0.3 is 5.97 Å². The third kappa shape index (κ3) is 3.78. The number of aromatic nitrogens is 1. The maximum atomic E-state index is 14.2. The van der Waals surface area contributed by atoms with Gasteiger partial charge in [-0.1, -0.05) is 47.7 Å². The molecule has 0 aliphatic carbocycles. The number of fused-ring (bicyclic) bond motifs is 1. The minimum atomic E-state index is -0.788. The minimum absolute atomic E-state index is 0.186. The van der Waals surface area contributed by atoms with E-state index in [1.165, 1.54) is 23.8 Å². The van der Waals surface area contributed by atoms with Crippen molar-refractivity contribution in [3.05, 3.63) is 96.4 Å². The number of methoxy groups -OCH3 is 1. The molecule has 0 radical (unpaired) electrons. The highest BCUT2D eigenvalue weighted by Crippen LogP contribution is 2.35. The molecule has 0 saturated heterocycles. The number of carbonyl (C=O) groups is 1. The summed E-state index contributed by atoms with van der Waals surface area (Å²) in [7, 11) is 1.53. The van der Waals surface area contributed by atoms with Gasteiger partial charge in [-0.15, -0.1) is 0 Å². The van der Waals surface area contributed by atoms with E-state index >= 15 is 0 Å². The largest absolute Gasteiger partial charge is 0.496 e. The topological polar surface area (TPSA) is 69.9 Å². The lowest BCUT2D eigenvalue weighted by Gasteiger charge is -2.25. The Morgan fingerprint density at radius 3 is 2.66 bits per heavy atom. The zero-order valence-electron chi connectivity index (χ0n) is 17.8. The Kier molecular flexibility index (Phi) is 6.05. The first-order chi connectivity index (χ1) is 15.5. The first kappa shape index (κ1) is 21.7. The quantitative estimate of drug-likeness (QED) is 0.558. The predicted molar refractivity (Wildman–Crippen MR) is 120 cm³/mol. The van der Waals surface area contributed by atoms with E-state index in [1.807, 2.05) is 12.1 Å². The number of nitrogens with zero attached hydrogens (tertiary/aromatic N) is 2. The molecule has 32 heavy (non-hydrogen) atoms. The number of thiazole rings is 1. The van der Waals surface area contributed by atoms with Crippen LogP contribution in [0.1, 0.15) is 31.0 Å². The van der Waals surface area contributed by atoms with Crippen molar-refractivity contribution < 1.29 is 18.7 Å². The number of para-hydroxylation sites is 1. The Morgan fingerprint density at radius 1 is 1.22 bits per heavy atom. The molecule has 2 aromatic carbocycles. The Balaban J connectivity index is 2.01. The van der Waals surface area contributed by atoms with Crippen LogP contribution in [0.4, 0.5) is 4.39 Å². The number of rotatable bonds is 5.